The first-order valence-electron chi connectivity index (χ1n) is 11.2. The van der Waals surface area contributed by atoms with E-state index in [0.29, 0.717) is 25.3 Å². The van der Waals surface area contributed by atoms with E-state index in [1.807, 2.05) is 72.5 Å². The number of anilines is 1. The van der Waals surface area contributed by atoms with Gasteiger partial charge in [0.1, 0.15) is 11.5 Å². The largest absolute Gasteiger partial charge is 0.493 e. The third kappa shape index (κ3) is 5.13. The molecular formula is C28H31NO3. The van der Waals surface area contributed by atoms with Gasteiger partial charge in [-0.2, -0.15) is 0 Å². The lowest BCUT2D eigenvalue weighted by atomic mass is 9.98. The summed E-state index contributed by atoms with van der Waals surface area (Å²) in [6.45, 7) is 9.76. The Morgan fingerprint density at radius 2 is 1.62 bits per heavy atom. The van der Waals surface area contributed by atoms with Gasteiger partial charge in [-0.05, 0) is 59.4 Å². The summed E-state index contributed by atoms with van der Waals surface area (Å²) in [6, 6.07) is 24.1. The fraction of sp³-hybridized carbons (Fsp3) is 0.321. The summed E-state index contributed by atoms with van der Waals surface area (Å²) in [5, 5.41) is 0. The average molecular weight is 430 g/mol. The molecule has 1 unspecified atom stereocenters. The number of ether oxygens (including phenoxy) is 2. The SMILES string of the molecule is Cc1cc(N2CCC(Oc3ccc(-c4ccccc4)cc3)C2=O)ccc1OCC(C)(C)C. The van der Waals surface area contributed by atoms with Gasteiger partial charge in [0.25, 0.3) is 5.91 Å². The van der Waals surface area contributed by atoms with Crippen molar-refractivity contribution in [1.82, 2.24) is 0 Å². The lowest BCUT2D eigenvalue weighted by Crippen LogP contribution is -2.32. The molecule has 1 amide bonds. The molecule has 3 aromatic carbocycles. The van der Waals surface area contributed by atoms with Gasteiger partial charge in [0.2, 0.25) is 0 Å². The summed E-state index contributed by atoms with van der Waals surface area (Å²) in [4.78, 5) is 14.8. The van der Waals surface area contributed by atoms with Gasteiger partial charge in [0, 0.05) is 18.7 Å². The number of amides is 1. The zero-order valence-electron chi connectivity index (χ0n) is 19.3. The predicted molar refractivity (Wildman–Crippen MR) is 129 cm³/mol. The summed E-state index contributed by atoms with van der Waals surface area (Å²) in [5.74, 6) is 1.58. The summed E-state index contributed by atoms with van der Waals surface area (Å²) < 4.78 is 12.0. The second-order valence-corrected chi connectivity index (χ2v) is 9.57. The molecule has 4 heteroatoms. The number of carbonyl (C=O) groups is 1. The Morgan fingerprint density at radius 3 is 2.28 bits per heavy atom. The zero-order chi connectivity index (χ0) is 22.7. The van der Waals surface area contributed by atoms with Crippen LogP contribution in [0.4, 0.5) is 5.69 Å². The lowest BCUT2D eigenvalue weighted by molar-refractivity contribution is -0.122. The first-order valence-corrected chi connectivity index (χ1v) is 11.2. The van der Waals surface area contributed by atoms with Gasteiger partial charge in [0.05, 0.1) is 6.61 Å². The van der Waals surface area contributed by atoms with Crippen LogP contribution in [-0.2, 0) is 4.79 Å². The number of nitrogens with zero attached hydrogens (tertiary/aromatic N) is 1. The van der Waals surface area contributed by atoms with Crippen molar-refractivity contribution in [2.24, 2.45) is 5.41 Å². The molecule has 0 aliphatic carbocycles. The van der Waals surface area contributed by atoms with E-state index < -0.39 is 6.10 Å². The minimum absolute atomic E-state index is 0.0000965. The second kappa shape index (κ2) is 9.07. The second-order valence-electron chi connectivity index (χ2n) is 9.57. The van der Waals surface area contributed by atoms with Crippen molar-refractivity contribution in [1.29, 1.82) is 0 Å². The maximum Gasteiger partial charge on any atom is 0.268 e. The predicted octanol–water partition coefficient (Wildman–Crippen LogP) is 6.27. The van der Waals surface area contributed by atoms with Gasteiger partial charge in [-0.15, -0.1) is 0 Å². The van der Waals surface area contributed by atoms with E-state index in [-0.39, 0.29) is 11.3 Å². The normalized spacial score (nSPS) is 16.3. The van der Waals surface area contributed by atoms with Gasteiger partial charge in [-0.3, -0.25) is 4.79 Å². The van der Waals surface area contributed by atoms with Crippen LogP contribution in [0.25, 0.3) is 11.1 Å². The van der Waals surface area contributed by atoms with Gasteiger partial charge in [-0.1, -0.05) is 63.2 Å². The molecule has 4 rings (SSSR count). The van der Waals surface area contributed by atoms with Gasteiger partial charge < -0.3 is 14.4 Å². The topological polar surface area (TPSA) is 38.8 Å². The molecule has 0 N–H and O–H groups in total. The third-order valence-electron chi connectivity index (χ3n) is 5.53. The summed E-state index contributed by atoms with van der Waals surface area (Å²) >= 11 is 0. The van der Waals surface area contributed by atoms with Crippen molar-refractivity contribution in [3.05, 3.63) is 78.4 Å². The lowest BCUT2D eigenvalue weighted by Gasteiger charge is -2.22. The number of rotatable bonds is 6. The molecule has 0 radical (unpaired) electrons. The van der Waals surface area contributed by atoms with Gasteiger partial charge in [0.15, 0.2) is 6.10 Å². The Balaban J connectivity index is 1.40. The summed E-state index contributed by atoms with van der Waals surface area (Å²) in [6.07, 6.45) is 0.204. The maximum atomic E-state index is 13.0. The van der Waals surface area contributed by atoms with Crippen molar-refractivity contribution in [3.8, 4) is 22.6 Å². The summed E-state index contributed by atoms with van der Waals surface area (Å²) in [7, 11) is 0. The van der Waals surface area contributed by atoms with Crippen LogP contribution < -0.4 is 14.4 Å². The summed E-state index contributed by atoms with van der Waals surface area (Å²) in [5.41, 5.74) is 4.30. The number of hydrogen-bond donors (Lipinski definition) is 0. The fourth-order valence-corrected chi connectivity index (χ4v) is 3.80. The van der Waals surface area contributed by atoms with Gasteiger partial charge >= 0.3 is 0 Å². The monoisotopic (exact) mass is 429 g/mol. The van der Waals surface area contributed by atoms with Crippen molar-refractivity contribution in [3.63, 3.8) is 0 Å². The van der Waals surface area contributed by atoms with Crippen molar-refractivity contribution < 1.29 is 14.3 Å². The highest BCUT2D eigenvalue weighted by Crippen LogP contribution is 2.30. The maximum absolute atomic E-state index is 13.0. The molecule has 1 aliphatic rings. The van der Waals surface area contributed by atoms with E-state index in [1.165, 1.54) is 0 Å². The Bertz CT molecular complexity index is 1070. The molecule has 1 fully saturated rings. The molecule has 0 spiro atoms. The minimum atomic E-state index is -0.463. The number of carbonyl (C=O) groups excluding carboxylic acids is 1. The standard InChI is InChI=1S/C28H31NO3/c1-20-18-23(12-15-25(20)31-19-28(2,3)4)29-17-16-26(27(29)30)32-24-13-10-22(11-14-24)21-8-6-5-7-9-21/h5-15,18,26H,16-17,19H2,1-4H3. The van der Waals surface area contributed by atoms with Crippen molar-refractivity contribution >= 4 is 11.6 Å². The van der Waals surface area contributed by atoms with Crippen LogP contribution in [0.1, 0.15) is 32.8 Å². The molecule has 0 saturated carbocycles. The van der Waals surface area contributed by atoms with E-state index >= 15 is 0 Å². The fourth-order valence-electron chi connectivity index (χ4n) is 3.80. The molecule has 1 aliphatic heterocycles. The van der Waals surface area contributed by atoms with Crippen LogP contribution in [0.5, 0.6) is 11.5 Å². The molecule has 0 aromatic heterocycles. The Morgan fingerprint density at radius 1 is 0.938 bits per heavy atom. The number of hydrogen-bond acceptors (Lipinski definition) is 3. The molecule has 3 aromatic rings. The quantitative estimate of drug-likeness (QED) is 0.463. The highest BCUT2D eigenvalue weighted by molar-refractivity contribution is 5.99. The highest BCUT2D eigenvalue weighted by Gasteiger charge is 2.34. The van der Waals surface area contributed by atoms with Crippen LogP contribution in [-0.4, -0.2) is 25.2 Å². The Hall–Kier alpha value is -3.27. The zero-order valence-corrected chi connectivity index (χ0v) is 19.3. The molecule has 166 valence electrons. The molecule has 0 bridgehead atoms. The molecule has 1 saturated heterocycles. The first-order chi connectivity index (χ1) is 15.3. The smallest absolute Gasteiger partial charge is 0.268 e. The van der Waals surface area contributed by atoms with Crippen LogP contribution in [0.15, 0.2) is 72.8 Å². The Labute approximate surface area is 190 Å². The van der Waals surface area contributed by atoms with Crippen LogP contribution in [0.3, 0.4) is 0 Å². The Kier molecular flexibility index (Phi) is 6.22. The van der Waals surface area contributed by atoms with E-state index in [9.17, 15) is 4.79 Å². The minimum Gasteiger partial charge on any atom is -0.493 e. The van der Waals surface area contributed by atoms with Crippen molar-refractivity contribution in [2.75, 3.05) is 18.1 Å². The average Bonchev–Trinajstić information content (AvgIpc) is 3.13. The van der Waals surface area contributed by atoms with E-state index in [4.69, 9.17) is 9.47 Å². The third-order valence-corrected chi connectivity index (χ3v) is 5.53. The van der Waals surface area contributed by atoms with E-state index in [0.717, 1.165) is 28.1 Å². The molecule has 4 nitrogen and oxygen atoms in total. The molecular weight excluding hydrogens is 398 g/mol. The van der Waals surface area contributed by atoms with E-state index in [1.54, 1.807) is 0 Å². The number of benzene rings is 3. The van der Waals surface area contributed by atoms with Crippen molar-refractivity contribution in [2.45, 2.75) is 40.2 Å². The van der Waals surface area contributed by atoms with Gasteiger partial charge in [-0.25, -0.2) is 0 Å². The molecule has 1 atom stereocenters. The highest BCUT2D eigenvalue weighted by atomic mass is 16.5. The van der Waals surface area contributed by atoms with Crippen LogP contribution in [0.2, 0.25) is 0 Å². The van der Waals surface area contributed by atoms with Crippen LogP contribution in [0, 0.1) is 12.3 Å². The van der Waals surface area contributed by atoms with Crippen LogP contribution >= 0.6 is 0 Å². The molecule has 1 heterocycles. The van der Waals surface area contributed by atoms with E-state index in [2.05, 4.69) is 32.9 Å². The first kappa shape index (κ1) is 21.9. The molecule has 32 heavy (non-hydrogen) atoms. The number of aryl methyl sites for hydroxylation is 1.